The van der Waals surface area contributed by atoms with Crippen LogP contribution in [0.2, 0.25) is 0 Å². The number of anilines is 2. The third kappa shape index (κ3) is 5.72. The molecule has 37 heavy (non-hydrogen) atoms. The summed E-state index contributed by atoms with van der Waals surface area (Å²) >= 11 is 1.18. The molecule has 0 saturated carbocycles. The van der Waals surface area contributed by atoms with E-state index in [2.05, 4.69) is 30.7 Å². The molecule has 4 rings (SSSR count). The molecule has 11 nitrogen and oxygen atoms in total. The molecule has 4 heterocycles. The van der Waals surface area contributed by atoms with Crippen molar-refractivity contribution in [1.82, 2.24) is 30.0 Å². The molecule has 0 spiro atoms. The molecule has 0 unspecified atom stereocenters. The minimum absolute atomic E-state index is 0.0999. The predicted octanol–water partition coefficient (Wildman–Crippen LogP) is 2.95. The SMILES string of the molecule is CC(C)(O)c1cnc(Nc2nc(-n3ncc4cc(C#N)cnc43)ccc2C(=O)NC[C@@H](F)C(C)(C)O)s1. The van der Waals surface area contributed by atoms with Gasteiger partial charge in [-0.3, -0.25) is 4.79 Å². The Hall–Kier alpha value is -3.99. The van der Waals surface area contributed by atoms with Crippen LogP contribution in [0.15, 0.2) is 36.8 Å². The van der Waals surface area contributed by atoms with Gasteiger partial charge in [0.2, 0.25) is 0 Å². The van der Waals surface area contributed by atoms with Crippen molar-refractivity contribution in [3.63, 3.8) is 0 Å². The van der Waals surface area contributed by atoms with Crippen molar-refractivity contribution in [2.75, 3.05) is 11.9 Å². The Kier molecular flexibility index (Phi) is 6.92. The molecule has 0 aromatic carbocycles. The van der Waals surface area contributed by atoms with Gasteiger partial charge < -0.3 is 20.8 Å². The minimum Gasteiger partial charge on any atom is -0.387 e. The highest BCUT2D eigenvalue weighted by atomic mass is 32.1. The van der Waals surface area contributed by atoms with Gasteiger partial charge in [0.25, 0.3) is 5.91 Å². The molecule has 4 N–H and O–H groups in total. The molecular formula is C24H25FN8O3S. The number of halogens is 1. The first-order valence-corrected chi connectivity index (χ1v) is 12.0. The van der Waals surface area contributed by atoms with E-state index in [1.54, 1.807) is 32.2 Å². The smallest absolute Gasteiger partial charge is 0.255 e. The fourth-order valence-electron chi connectivity index (χ4n) is 3.24. The van der Waals surface area contributed by atoms with Gasteiger partial charge in [-0.05, 0) is 45.9 Å². The lowest BCUT2D eigenvalue weighted by atomic mass is 10.0. The molecule has 13 heteroatoms. The summed E-state index contributed by atoms with van der Waals surface area (Å²) in [5.74, 6) is -0.178. The van der Waals surface area contributed by atoms with Crippen LogP contribution in [0.25, 0.3) is 16.9 Å². The molecule has 0 fully saturated rings. The number of pyridine rings is 2. The van der Waals surface area contributed by atoms with Gasteiger partial charge in [0.1, 0.15) is 18.1 Å². The molecule has 4 aromatic heterocycles. The second-order valence-corrected chi connectivity index (χ2v) is 10.4. The van der Waals surface area contributed by atoms with Crippen LogP contribution in [0.1, 0.15) is 48.5 Å². The first-order valence-electron chi connectivity index (χ1n) is 11.2. The number of hydrogen-bond donors (Lipinski definition) is 4. The van der Waals surface area contributed by atoms with Crippen molar-refractivity contribution >= 4 is 39.2 Å². The van der Waals surface area contributed by atoms with Crippen molar-refractivity contribution in [1.29, 1.82) is 5.26 Å². The zero-order valence-corrected chi connectivity index (χ0v) is 21.3. The van der Waals surface area contributed by atoms with Crippen molar-refractivity contribution in [3.8, 4) is 11.9 Å². The maximum Gasteiger partial charge on any atom is 0.255 e. The Morgan fingerprint density at radius 2 is 1.97 bits per heavy atom. The number of rotatable bonds is 8. The molecule has 1 amide bonds. The number of amides is 1. The fraction of sp³-hybridized carbons (Fsp3) is 0.333. The highest BCUT2D eigenvalue weighted by molar-refractivity contribution is 7.15. The van der Waals surface area contributed by atoms with E-state index in [-0.39, 0.29) is 11.4 Å². The van der Waals surface area contributed by atoms with Gasteiger partial charge in [0.05, 0.1) is 39.9 Å². The van der Waals surface area contributed by atoms with Gasteiger partial charge in [-0.2, -0.15) is 15.0 Å². The fourth-order valence-corrected chi connectivity index (χ4v) is 4.06. The van der Waals surface area contributed by atoms with Crippen LogP contribution in [0.4, 0.5) is 15.3 Å². The molecule has 0 aliphatic heterocycles. The minimum atomic E-state index is -1.69. The van der Waals surface area contributed by atoms with Gasteiger partial charge >= 0.3 is 0 Å². The first-order chi connectivity index (χ1) is 17.4. The Balaban J connectivity index is 1.71. The number of alkyl halides is 1. The molecule has 0 aliphatic rings. The van der Waals surface area contributed by atoms with Gasteiger partial charge in [-0.1, -0.05) is 11.3 Å². The highest BCUT2D eigenvalue weighted by Crippen LogP contribution is 2.31. The molecule has 0 saturated heterocycles. The van der Waals surface area contributed by atoms with Crippen LogP contribution in [0, 0.1) is 11.3 Å². The van der Waals surface area contributed by atoms with Gasteiger partial charge in [0, 0.05) is 17.8 Å². The second kappa shape index (κ2) is 9.81. The van der Waals surface area contributed by atoms with E-state index in [1.165, 1.54) is 48.3 Å². The summed E-state index contributed by atoms with van der Waals surface area (Å²) in [5.41, 5.74) is -1.79. The van der Waals surface area contributed by atoms with Crippen LogP contribution in [-0.2, 0) is 5.60 Å². The lowest BCUT2D eigenvalue weighted by molar-refractivity contribution is -0.00177. The zero-order valence-electron chi connectivity index (χ0n) is 20.5. The van der Waals surface area contributed by atoms with E-state index >= 15 is 0 Å². The number of hydrogen-bond acceptors (Lipinski definition) is 10. The lowest BCUT2D eigenvalue weighted by Crippen LogP contribution is -2.42. The van der Waals surface area contributed by atoms with E-state index in [0.717, 1.165) is 0 Å². The average Bonchev–Trinajstić information content (AvgIpc) is 3.48. The monoisotopic (exact) mass is 524 g/mol. The molecule has 0 bridgehead atoms. The van der Waals surface area contributed by atoms with E-state index in [0.29, 0.717) is 32.4 Å². The first kappa shape index (κ1) is 26.1. The number of nitrogens with zero attached hydrogens (tertiary/aromatic N) is 6. The zero-order chi connectivity index (χ0) is 27.0. The van der Waals surface area contributed by atoms with Crippen LogP contribution < -0.4 is 10.6 Å². The molecule has 192 valence electrons. The Labute approximate surface area is 215 Å². The number of carbonyl (C=O) groups is 1. The van der Waals surface area contributed by atoms with Crippen LogP contribution in [0.5, 0.6) is 0 Å². The van der Waals surface area contributed by atoms with Crippen molar-refractivity contribution in [2.45, 2.75) is 45.1 Å². The van der Waals surface area contributed by atoms with E-state index in [4.69, 9.17) is 5.26 Å². The molecule has 0 radical (unpaired) electrons. The van der Waals surface area contributed by atoms with Gasteiger partial charge in [-0.15, -0.1) is 0 Å². The third-order valence-electron chi connectivity index (χ3n) is 5.42. The molecule has 0 aliphatic carbocycles. The van der Waals surface area contributed by atoms with Crippen molar-refractivity contribution in [2.24, 2.45) is 0 Å². The summed E-state index contributed by atoms with van der Waals surface area (Å²) in [6.07, 6.45) is 2.80. The summed E-state index contributed by atoms with van der Waals surface area (Å²) in [4.78, 5) is 26.7. The normalized spacial score (nSPS) is 12.8. The number of thiazole rings is 1. The van der Waals surface area contributed by atoms with Crippen molar-refractivity contribution in [3.05, 3.63) is 52.8 Å². The summed E-state index contributed by atoms with van der Waals surface area (Å²) in [7, 11) is 0. The number of nitrogens with one attached hydrogen (secondary N) is 2. The Morgan fingerprint density at radius 3 is 2.62 bits per heavy atom. The van der Waals surface area contributed by atoms with E-state index in [9.17, 15) is 19.4 Å². The summed E-state index contributed by atoms with van der Waals surface area (Å²) in [6, 6.07) is 6.73. The summed E-state index contributed by atoms with van der Waals surface area (Å²) < 4.78 is 15.7. The van der Waals surface area contributed by atoms with Crippen LogP contribution in [-0.4, -0.2) is 59.2 Å². The van der Waals surface area contributed by atoms with Crippen LogP contribution >= 0.6 is 11.3 Å². The standard InChI is InChI=1S/C24H25FN8O3S/c1-23(2,35)16(25)11-28-21(34)15-5-6-18(33-20-14(10-30-33)7-13(8-26)9-27-20)31-19(15)32-22-29-12-17(37-22)24(3,4)36/h5-7,9-10,12,16,35-36H,11H2,1-4H3,(H,28,34)(H,29,31,32)/t16-/m1/s1. The number of carbonyl (C=O) groups excluding carboxylic acids is 1. The van der Waals surface area contributed by atoms with E-state index in [1.807, 2.05) is 6.07 Å². The number of aliphatic hydroxyl groups is 2. The number of nitriles is 1. The average molecular weight is 525 g/mol. The van der Waals surface area contributed by atoms with E-state index < -0.39 is 29.8 Å². The predicted molar refractivity (Wildman–Crippen MR) is 136 cm³/mol. The Bertz CT molecular complexity index is 1500. The molecular weight excluding hydrogens is 499 g/mol. The summed E-state index contributed by atoms with van der Waals surface area (Å²) in [6.45, 7) is 5.49. The highest BCUT2D eigenvalue weighted by Gasteiger charge is 2.28. The number of aromatic nitrogens is 5. The lowest BCUT2D eigenvalue weighted by Gasteiger charge is -2.22. The number of fused-ring (bicyclic) bond motifs is 1. The van der Waals surface area contributed by atoms with Crippen molar-refractivity contribution < 1.29 is 19.4 Å². The summed E-state index contributed by atoms with van der Waals surface area (Å²) in [5, 5.41) is 40.0. The topological polar surface area (TPSA) is 162 Å². The largest absolute Gasteiger partial charge is 0.387 e. The maximum atomic E-state index is 14.2. The molecule has 4 aromatic rings. The Morgan fingerprint density at radius 1 is 1.22 bits per heavy atom. The maximum absolute atomic E-state index is 14.2. The molecule has 1 atom stereocenters. The second-order valence-electron chi connectivity index (χ2n) is 9.42. The van der Waals surface area contributed by atoms with Gasteiger partial charge in [0.15, 0.2) is 16.6 Å². The van der Waals surface area contributed by atoms with Crippen LogP contribution in [0.3, 0.4) is 0 Å². The van der Waals surface area contributed by atoms with Gasteiger partial charge in [-0.25, -0.2) is 19.3 Å². The third-order valence-corrected chi connectivity index (χ3v) is 6.65. The quantitative estimate of drug-likeness (QED) is 0.271.